The first-order valence-corrected chi connectivity index (χ1v) is 10.9. The van der Waals surface area contributed by atoms with Gasteiger partial charge in [-0.3, -0.25) is 19.2 Å². The van der Waals surface area contributed by atoms with Gasteiger partial charge in [-0.25, -0.2) is 0 Å². The Hall–Kier alpha value is -4.46. The van der Waals surface area contributed by atoms with Gasteiger partial charge in [0.2, 0.25) is 0 Å². The van der Waals surface area contributed by atoms with Gasteiger partial charge < -0.3 is 21.3 Å². The maximum absolute atomic E-state index is 12.5. The Morgan fingerprint density at radius 1 is 0.471 bits per heavy atom. The van der Waals surface area contributed by atoms with Gasteiger partial charge in [0.15, 0.2) is 0 Å². The number of rotatable bonds is 8. The molecule has 0 fully saturated rings. The Morgan fingerprint density at radius 3 is 1.03 bits per heavy atom. The zero-order chi connectivity index (χ0) is 24.5. The second-order valence-electron chi connectivity index (χ2n) is 7.36. The summed E-state index contributed by atoms with van der Waals surface area (Å²) in [6.07, 6.45) is 0. The average molecular weight is 459 g/mol. The monoisotopic (exact) mass is 458 g/mol. The van der Waals surface area contributed by atoms with E-state index in [-0.39, 0.29) is 23.6 Å². The standard InChI is InChI=1S/C26H26N4O4/c1-3-27-23(31)17-9-13-21(14-10-17)29-25(33)19-5-7-20(8-6-19)26(34)30-22-15-11-18(12-16-22)24(32)28-4-2/h5-16H,3-4H2,1-2H3,(H,27,31)(H,28,32)(H,29,33)(H,30,34). The largest absolute Gasteiger partial charge is 0.352 e. The van der Waals surface area contributed by atoms with E-state index in [0.717, 1.165) is 0 Å². The molecule has 3 aromatic rings. The van der Waals surface area contributed by atoms with Crippen molar-refractivity contribution in [2.45, 2.75) is 13.8 Å². The van der Waals surface area contributed by atoms with E-state index in [2.05, 4.69) is 21.3 Å². The first-order valence-electron chi connectivity index (χ1n) is 10.9. The zero-order valence-electron chi connectivity index (χ0n) is 19.0. The molecule has 3 rings (SSSR count). The van der Waals surface area contributed by atoms with Crippen molar-refractivity contribution < 1.29 is 19.2 Å². The van der Waals surface area contributed by atoms with Crippen LogP contribution in [0.2, 0.25) is 0 Å². The molecule has 4 amide bonds. The minimum absolute atomic E-state index is 0.174. The normalized spacial score (nSPS) is 10.2. The molecule has 0 aromatic heterocycles. The number of carbonyl (C=O) groups is 4. The molecule has 0 atom stereocenters. The summed E-state index contributed by atoms with van der Waals surface area (Å²) in [7, 11) is 0. The van der Waals surface area contributed by atoms with E-state index in [1.165, 1.54) is 0 Å². The Bertz CT molecular complexity index is 1080. The number of anilines is 2. The zero-order valence-corrected chi connectivity index (χ0v) is 19.0. The number of nitrogens with one attached hydrogen (secondary N) is 4. The minimum atomic E-state index is -0.335. The topological polar surface area (TPSA) is 116 Å². The fraction of sp³-hybridized carbons (Fsp3) is 0.154. The van der Waals surface area contributed by atoms with Gasteiger partial charge in [-0.2, -0.15) is 0 Å². The molecule has 3 aromatic carbocycles. The first kappa shape index (κ1) is 24.2. The third kappa shape index (κ3) is 6.29. The van der Waals surface area contributed by atoms with Crippen molar-refractivity contribution >= 4 is 35.0 Å². The van der Waals surface area contributed by atoms with Crippen LogP contribution >= 0.6 is 0 Å². The van der Waals surface area contributed by atoms with Gasteiger partial charge in [0.1, 0.15) is 0 Å². The molecule has 34 heavy (non-hydrogen) atoms. The summed E-state index contributed by atoms with van der Waals surface area (Å²) >= 11 is 0. The van der Waals surface area contributed by atoms with E-state index < -0.39 is 0 Å². The first-order chi connectivity index (χ1) is 16.4. The number of hydrogen-bond acceptors (Lipinski definition) is 4. The van der Waals surface area contributed by atoms with Gasteiger partial charge in [0.25, 0.3) is 23.6 Å². The van der Waals surface area contributed by atoms with Gasteiger partial charge in [0, 0.05) is 46.7 Å². The summed E-state index contributed by atoms with van der Waals surface area (Å²) in [6.45, 7) is 4.76. The van der Waals surface area contributed by atoms with Crippen molar-refractivity contribution in [1.29, 1.82) is 0 Å². The highest BCUT2D eigenvalue weighted by Crippen LogP contribution is 2.14. The molecule has 0 saturated carbocycles. The fourth-order valence-electron chi connectivity index (χ4n) is 3.11. The summed E-state index contributed by atoms with van der Waals surface area (Å²) in [5, 5.41) is 11.0. The van der Waals surface area contributed by atoms with Crippen molar-refractivity contribution in [3.63, 3.8) is 0 Å². The smallest absolute Gasteiger partial charge is 0.255 e. The maximum Gasteiger partial charge on any atom is 0.255 e. The highest BCUT2D eigenvalue weighted by molar-refractivity contribution is 6.07. The van der Waals surface area contributed by atoms with Crippen LogP contribution in [0.15, 0.2) is 72.8 Å². The van der Waals surface area contributed by atoms with Crippen molar-refractivity contribution in [2.24, 2.45) is 0 Å². The lowest BCUT2D eigenvalue weighted by Gasteiger charge is -2.09. The average Bonchev–Trinajstić information content (AvgIpc) is 2.85. The Labute approximate surface area is 197 Å². The maximum atomic E-state index is 12.5. The van der Waals surface area contributed by atoms with Crippen molar-refractivity contribution in [1.82, 2.24) is 10.6 Å². The van der Waals surface area contributed by atoms with Crippen LogP contribution in [0.5, 0.6) is 0 Å². The van der Waals surface area contributed by atoms with Crippen molar-refractivity contribution in [3.05, 3.63) is 95.1 Å². The van der Waals surface area contributed by atoms with Crippen molar-refractivity contribution in [3.8, 4) is 0 Å². The molecular weight excluding hydrogens is 432 g/mol. The van der Waals surface area contributed by atoms with Gasteiger partial charge in [0.05, 0.1) is 0 Å². The van der Waals surface area contributed by atoms with Gasteiger partial charge in [-0.15, -0.1) is 0 Å². The lowest BCUT2D eigenvalue weighted by molar-refractivity contribution is 0.0947. The summed E-state index contributed by atoms with van der Waals surface area (Å²) in [5.74, 6) is -1.02. The van der Waals surface area contributed by atoms with E-state index in [0.29, 0.717) is 46.7 Å². The van der Waals surface area contributed by atoms with E-state index in [9.17, 15) is 19.2 Å². The lowest BCUT2D eigenvalue weighted by Crippen LogP contribution is -2.22. The number of amides is 4. The minimum Gasteiger partial charge on any atom is -0.352 e. The van der Waals surface area contributed by atoms with Gasteiger partial charge >= 0.3 is 0 Å². The molecule has 8 heteroatoms. The van der Waals surface area contributed by atoms with E-state index >= 15 is 0 Å². The molecule has 0 radical (unpaired) electrons. The summed E-state index contributed by atoms with van der Waals surface area (Å²) < 4.78 is 0. The van der Waals surface area contributed by atoms with Crippen LogP contribution in [0.4, 0.5) is 11.4 Å². The predicted octanol–water partition coefficient (Wildman–Crippen LogP) is 3.69. The van der Waals surface area contributed by atoms with E-state index in [4.69, 9.17) is 0 Å². The molecule has 0 bridgehead atoms. The Morgan fingerprint density at radius 2 is 0.735 bits per heavy atom. The Kier molecular flexibility index (Phi) is 8.12. The molecule has 0 aliphatic rings. The molecule has 174 valence electrons. The van der Waals surface area contributed by atoms with Gasteiger partial charge in [-0.05, 0) is 86.6 Å². The van der Waals surface area contributed by atoms with Crippen LogP contribution in [0, 0.1) is 0 Å². The van der Waals surface area contributed by atoms with Crippen LogP contribution in [0.1, 0.15) is 55.3 Å². The summed E-state index contributed by atoms with van der Waals surface area (Å²) in [4.78, 5) is 48.7. The molecular formula is C26H26N4O4. The molecule has 0 aliphatic heterocycles. The second-order valence-corrected chi connectivity index (χ2v) is 7.36. The van der Waals surface area contributed by atoms with Crippen LogP contribution in [-0.4, -0.2) is 36.7 Å². The third-order valence-electron chi connectivity index (χ3n) is 4.89. The second kappa shape index (κ2) is 11.4. The SMILES string of the molecule is CCNC(=O)c1ccc(NC(=O)c2ccc(C(=O)Nc3ccc(C(=O)NCC)cc3)cc2)cc1. The lowest BCUT2D eigenvalue weighted by atomic mass is 10.1. The predicted molar refractivity (Wildman–Crippen MR) is 131 cm³/mol. The van der Waals surface area contributed by atoms with E-state index in [1.807, 2.05) is 13.8 Å². The fourth-order valence-corrected chi connectivity index (χ4v) is 3.11. The quantitative estimate of drug-likeness (QED) is 0.412. The molecule has 0 spiro atoms. The highest BCUT2D eigenvalue weighted by Gasteiger charge is 2.11. The van der Waals surface area contributed by atoms with Crippen molar-refractivity contribution in [2.75, 3.05) is 23.7 Å². The summed E-state index contributed by atoms with van der Waals surface area (Å²) in [6, 6.07) is 19.4. The molecule has 0 unspecified atom stereocenters. The van der Waals surface area contributed by atoms with Crippen LogP contribution in [-0.2, 0) is 0 Å². The number of benzene rings is 3. The molecule has 4 N–H and O–H groups in total. The highest BCUT2D eigenvalue weighted by atomic mass is 16.2. The molecule has 8 nitrogen and oxygen atoms in total. The molecule has 0 heterocycles. The van der Waals surface area contributed by atoms with Crippen LogP contribution < -0.4 is 21.3 Å². The van der Waals surface area contributed by atoms with Crippen LogP contribution in [0.25, 0.3) is 0 Å². The number of hydrogen-bond donors (Lipinski definition) is 4. The van der Waals surface area contributed by atoms with Gasteiger partial charge in [-0.1, -0.05) is 0 Å². The summed E-state index contributed by atoms with van der Waals surface area (Å²) in [5.41, 5.74) is 2.89. The molecule has 0 aliphatic carbocycles. The Balaban J connectivity index is 1.58. The van der Waals surface area contributed by atoms with Crippen LogP contribution in [0.3, 0.4) is 0 Å². The van der Waals surface area contributed by atoms with E-state index in [1.54, 1.807) is 72.8 Å². The number of carbonyl (C=O) groups excluding carboxylic acids is 4. The third-order valence-corrected chi connectivity index (χ3v) is 4.89. The molecule has 0 saturated heterocycles.